The second kappa shape index (κ2) is 4.30. The topological polar surface area (TPSA) is 26.3 Å². The number of hydrogen-bond acceptors (Lipinski definition) is 2. The first-order chi connectivity index (χ1) is 8.75. The van der Waals surface area contributed by atoms with E-state index in [0.717, 1.165) is 5.56 Å². The molecule has 3 rings (SSSR count). The molecular weight excluding hydrogens is 224 g/mol. The van der Waals surface area contributed by atoms with E-state index in [4.69, 9.17) is 4.74 Å². The van der Waals surface area contributed by atoms with Crippen molar-refractivity contribution in [2.24, 2.45) is 0 Å². The maximum absolute atomic E-state index is 12.4. The van der Waals surface area contributed by atoms with Crippen molar-refractivity contribution in [1.29, 1.82) is 0 Å². The molecule has 1 aliphatic rings. The van der Waals surface area contributed by atoms with E-state index in [2.05, 4.69) is 6.07 Å². The van der Waals surface area contributed by atoms with Gasteiger partial charge in [-0.25, -0.2) is 0 Å². The van der Waals surface area contributed by atoms with E-state index in [1.807, 2.05) is 49.4 Å². The Morgan fingerprint density at radius 1 is 1.11 bits per heavy atom. The highest BCUT2D eigenvalue weighted by molar-refractivity contribution is 6.04. The summed E-state index contributed by atoms with van der Waals surface area (Å²) in [5, 5.41) is 0. The van der Waals surface area contributed by atoms with Crippen LogP contribution in [0.25, 0.3) is 0 Å². The molecule has 2 aromatic rings. The maximum Gasteiger partial charge on any atom is 0.177 e. The molecule has 1 atom stereocenters. The minimum absolute atomic E-state index is 0.155. The van der Waals surface area contributed by atoms with Crippen molar-refractivity contribution in [1.82, 2.24) is 0 Å². The number of carbonyl (C=O) groups is 1. The average molecular weight is 238 g/mol. The predicted octanol–water partition coefficient (Wildman–Crippen LogP) is 3.35. The lowest BCUT2D eigenvalue weighted by atomic mass is 9.88. The first-order valence-corrected chi connectivity index (χ1v) is 6.08. The zero-order valence-corrected chi connectivity index (χ0v) is 10.2. The summed E-state index contributed by atoms with van der Waals surface area (Å²) in [6.45, 7) is 2.46. The molecule has 2 nitrogen and oxygen atoms in total. The summed E-state index contributed by atoms with van der Waals surface area (Å²) in [6.07, 6.45) is 0. The largest absolute Gasteiger partial charge is 0.492 e. The van der Waals surface area contributed by atoms with E-state index < -0.39 is 0 Å². The van der Waals surface area contributed by atoms with Gasteiger partial charge in [-0.15, -0.1) is 0 Å². The molecule has 18 heavy (non-hydrogen) atoms. The minimum atomic E-state index is -0.181. The lowest BCUT2D eigenvalue weighted by molar-refractivity contribution is 0.0896. The van der Waals surface area contributed by atoms with Crippen molar-refractivity contribution in [2.75, 3.05) is 6.61 Å². The Morgan fingerprint density at radius 2 is 1.94 bits per heavy atom. The average Bonchev–Trinajstić information content (AvgIpc) is 2.39. The van der Waals surface area contributed by atoms with Gasteiger partial charge < -0.3 is 4.74 Å². The third kappa shape index (κ3) is 1.80. The Labute approximate surface area is 106 Å². The number of fused-ring (bicyclic) bond motifs is 1. The first-order valence-electron chi connectivity index (χ1n) is 6.08. The summed E-state index contributed by atoms with van der Waals surface area (Å²) in [7, 11) is 0. The summed E-state index contributed by atoms with van der Waals surface area (Å²) in [5.74, 6) is 0.675. The second-order valence-electron chi connectivity index (χ2n) is 4.64. The number of aryl methyl sites for hydroxylation is 1. The SMILES string of the molecule is Cc1cccc(C2COc3ccccc3C2=O)c1. The highest BCUT2D eigenvalue weighted by Gasteiger charge is 2.29. The molecule has 0 amide bonds. The van der Waals surface area contributed by atoms with Crippen molar-refractivity contribution in [3.8, 4) is 5.75 Å². The van der Waals surface area contributed by atoms with Crippen molar-refractivity contribution >= 4 is 5.78 Å². The second-order valence-corrected chi connectivity index (χ2v) is 4.64. The molecule has 0 saturated heterocycles. The maximum atomic E-state index is 12.4. The number of benzene rings is 2. The van der Waals surface area contributed by atoms with Crippen molar-refractivity contribution in [3.05, 3.63) is 65.2 Å². The fourth-order valence-corrected chi connectivity index (χ4v) is 2.37. The van der Waals surface area contributed by atoms with Crippen molar-refractivity contribution < 1.29 is 9.53 Å². The van der Waals surface area contributed by atoms with Crippen LogP contribution in [0.5, 0.6) is 5.75 Å². The Balaban J connectivity index is 2.00. The van der Waals surface area contributed by atoms with Gasteiger partial charge in [-0.1, -0.05) is 42.0 Å². The van der Waals surface area contributed by atoms with Gasteiger partial charge in [-0.3, -0.25) is 4.79 Å². The monoisotopic (exact) mass is 238 g/mol. The van der Waals surface area contributed by atoms with Crippen LogP contribution in [0.15, 0.2) is 48.5 Å². The van der Waals surface area contributed by atoms with E-state index in [1.54, 1.807) is 0 Å². The molecule has 0 aliphatic carbocycles. The van der Waals surface area contributed by atoms with Gasteiger partial charge in [0.05, 0.1) is 11.5 Å². The molecule has 0 radical (unpaired) electrons. The van der Waals surface area contributed by atoms with Crippen molar-refractivity contribution in [3.63, 3.8) is 0 Å². The quantitative estimate of drug-likeness (QED) is 0.761. The van der Waals surface area contributed by atoms with Gasteiger partial charge in [0.1, 0.15) is 12.4 Å². The zero-order valence-electron chi connectivity index (χ0n) is 10.2. The van der Waals surface area contributed by atoms with Crippen LogP contribution in [-0.2, 0) is 0 Å². The predicted molar refractivity (Wildman–Crippen MR) is 70.2 cm³/mol. The molecule has 1 unspecified atom stereocenters. The molecule has 0 aromatic heterocycles. The molecule has 0 spiro atoms. The van der Waals surface area contributed by atoms with Gasteiger partial charge in [-0.2, -0.15) is 0 Å². The number of carbonyl (C=O) groups excluding carboxylic acids is 1. The fraction of sp³-hybridized carbons (Fsp3) is 0.188. The molecule has 2 aromatic carbocycles. The van der Waals surface area contributed by atoms with Crippen LogP contribution in [-0.4, -0.2) is 12.4 Å². The van der Waals surface area contributed by atoms with Gasteiger partial charge in [0.25, 0.3) is 0 Å². The number of para-hydroxylation sites is 1. The van der Waals surface area contributed by atoms with Crippen molar-refractivity contribution in [2.45, 2.75) is 12.8 Å². The minimum Gasteiger partial charge on any atom is -0.492 e. The first kappa shape index (κ1) is 11.0. The van der Waals surface area contributed by atoms with Gasteiger partial charge in [-0.05, 0) is 24.6 Å². The fourth-order valence-electron chi connectivity index (χ4n) is 2.37. The third-order valence-electron chi connectivity index (χ3n) is 3.32. The highest BCUT2D eigenvalue weighted by Crippen LogP contribution is 2.32. The highest BCUT2D eigenvalue weighted by atomic mass is 16.5. The Morgan fingerprint density at radius 3 is 2.78 bits per heavy atom. The summed E-state index contributed by atoms with van der Waals surface area (Å²) in [4.78, 5) is 12.4. The molecule has 90 valence electrons. The standard InChI is InChI=1S/C16H14O2/c1-11-5-4-6-12(9-11)14-10-18-15-8-3-2-7-13(15)16(14)17/h2-9,14H,10H2,1H3. The van der Waals surface area contributed by atoms with Crippen LogP contribution in [0.1, 0.15) is 27.4 Å². The van der Waals surface area contributed by atoms with Crippen LogP contribution in [0.2, 0.25) is 0 Å². The van der Waals surface area contributed by atoms with E-state index >= 15 is 0 Å². The summed E-state index contributed by atoms with van der Waals surface area (Å²) < 4.78 is 5.68. The molecule has 0 fully saturated rings. The summed E-state index contributed by atoms with van der Waals surface area (Å²) in [5.41, 5.74) is 2.89. The van der Waals surface area contributed by atoms with E-state index in [0.29, 0.717) is 17.9 Å². The molecule has 0 N–H and O–H groups in total. The number of rotatable bonds is 1. The lowest BCUT2D eigenvalue weighted by Gasteiger charge is -2.24. The molecule has 0 bridgehead atoms. The summed E-state index contributed by atoms with van der Waals surface area (Å²) in [6, 6.07) is 15.5. The molecule has 0 saturated carbocycles. The molecule has 2 heteroatoms. The number of ether oxygens (including phenoxy) is 1. The van der Waals surface area contributed by atoms with E-state index in [1.165, 1.54) is 5.56 Å². The Kier molecular flexibility index (Phi) is 2.63. The molecule has 1 heterocycles. The molecule has 1 aliphatic heterocycles. The van der Waals surface area contributed by atoms with E-state index in [-0.39, 0.29) is 11.7 Å². The van der Waals surface area contributed by atoms with Crippen LogP contribution in [0.3, 0.4) is 0 Å². The smallest absolute Gasteiger partial charge is 0.177 e. The Hall–Kier alpha value is -2.09. The number of hydrogen-bond donors (Lipinski definition) is 0. The Bertz CT molecular complexity index is 602. The summed E-state index contributed by atoms with van der Waals surface area (Å²) >= 11 is 0. The van der Waals surface area contributed by atoms with Gasteiger partial charge >= 0.3 is 0 Å². The van der Waals surface area contributed by atoms with Crippen LogP contribution >= 0.6 is 0 Å². The number of Topliss-reactive ketones (excluding diaryl/α,β-unsaturated/α-hetero) is 1. The van der Waals surface area contributed by atoms with Gasteiger partial charge in [0, 0.05) is 0 Å². The van der Waals surface area contributed by atoms with Crippen LogP contribution in [0, 0.1) is 6.92 Å². The number of ketones is 1. The van der Waals surface area contributed by atoms with Gasteiger partial charge in [0.15, 0.2) is 5.78 Å². The normalized spacial score (nSPS) is 18.1. The van der Waals surface area contributed by atoms with Gasteiger partial charge in [0.2, 0.25) is 0 Å². The van der Waals surface area contributed by atoms with Crippen LogP contribution < -0.4 is 4.74 Å². The lowest BCUT2D eigenvalue weighted by Crippen LogP contribution is -2.25. The zero-order chi connectivity index (χ0) is 12.5. The van der Waals surface area contributed by atoms with Crippen LogP contribution in [0.4, 0.5) is 0 Å². The third-order valence-corrected chi connectivity index (χ3v) is 3.32. The van der Waals surface area contributed by atoms with E-state index in [9.17, 15) is 4.79 Å². The molecular formula is C16H14O2.